The van der Waals surface area contributed by atoms with Crippen molar-refractivity contribution in [2.45, 2.75) is 31.2 Å². The standard InChI is InChI=1S/C30H29ClF2N6O3/c1-2-39(29(41)42-23-6-4-21(32)5-7-23)30(18-35-16-24(30)20-3-8-25(31)26(33)13-20)28(40)19-9-11-38(12-10-19)27-17-36-22(14-34)15-37-27/h3-8,13,15,17,19,24,35H,2,9-12,16,18H2,1H3/t24-,30+/m0/s1. The molecule has 3 heterocycles. The smallest absolute Gasteiger partial charge is 0.410 e. The van der Waals surface area contributed by atoms with Gasteiger partial charge in [0.25, 0.3) is 0 Å². The average Bonchev–Trinajstić information content (AvgIpc) is 3.45. The Balaban J connectivity index is 1.46. The maximum Gasteiger partial charge on any atom is 0.416 e. The number of nitrogens with zero attached hydrogens (tertiary/aromatic N) is 5. The number of aromatic nitrogens is 2. The molecule has 218 valence electrons. The van der Waals surface area contributed by atoms with Gasteiger partial charge in [0.1, 0.15) is 34.8 Å². The van der Waals surface area contributed by atoms with Gasteiger partial charge >= 0.3 is 6.09 Å². The van der Waals surface area contributed by atoms with Gasteiger partial charge in [-0.3, -0.25) is 9.69 Å². The van der Waals surface area contributed by atoms with E-state index in [0.717, 1.165) is 0 Å². The molecular weight excluding hydrogens is 566 g/mol. The summed E-state index contributed by atoms with van der Waals surface area (Å²) >= 11 is 5.97. The van der Waals surface area contributed by atoms with Gasteiger partial charge in [-0.15, -0.1) is 0 Å². The molecule has 5 rings (SSSR count). The molecule has 9 nitrogen and oxygen atoms in total. The number of anilines is 1. The third-order valence-electron chi connectivity index (χ3n) is 8.07. The molecule has 2 saturated heterocycles. The lowest BCUT2D eigenvalue weighted by atomic mass is 9.71. The van der Waals surface area contributed by atoms with E-state index in [4.69, 9.17) is 21.6 Å². The van der Waals surface area contributed by atoms with Crippen LogP contribution in [0.5, 0.6) is 5.75 Å². The minimum atomic E-state index is -1.38. The van der Waals surface area contributed by atoms with Crippen LogP contribution in [0, 0.1) is 28.9 Å². The highest BCUT2D eigenvalue weighted by atomic mass is 35.5. The molecule has 3 aromatic rings. The Bertz CT molecular complexity index is 1490. The first-order chi connectivity index (χ1) is 20.3. The Morgan fingerprint density at radius 3 is 2.52 bits per heavy atom. The van der Waals surface area contributed by atoms with E-state index in [9.17, 15) is 18.4 Å². The topological polar surface area (TPSA) is 111 Å². The van der Waals surface area contributed by atoms with E-state index < -0.39 is 35.1 Å². The molecule has 12 heteroatoms. The third-order valence-corrected chi connectivity index (χ3v) is 8.38. The molecule has 0 bridgehead atoms. The minimum Gasteiger partial charge on any atom is -0.410 e. The van der Waals surface area contributed by atoms with Crippen molar-refractivity contribution in [3.05, 3.63) is 82.8 Å². The van der Waals surface area contributed by atoms with Gasteiger partial charge in [-0.25, -0.2) is 23.5 Å². The monoisotopic (exact) mass is 594 g/mol. The molecule has 0 unspecified atom stereocenters. The van der Waals surface area contributed by atoms with E-state index in [-0.39, 0.29) is 35.3 Å². The van der Waals surface area contributed by atoms with Gasteiger partial charge in [0.2, 0.25) is 0 Å². The number of benzene rings is 2. The number of rotatable bonds is 7. The lowest BCUT2D eigenvalue weighted by molar-refractivity contribution is -0.134. The lowest BCUT2D eigenvalue weighted by Crippen LogP contribution is -2.64. The molecule has 1 amide bonds. The molecule has 0 saturated carbocycles. The number of nitriles is 1. The van der Waals surface area contributed by atoms with Gasteiger partial charge < -0.3 is 15.0 Å². The number of ketones is 1. The molecule has 0 aliphatic carbocycles. The number of hydrogen-bond acceptors (Lipinski definition) is 8. The van der Waals surface area contributed by atoms with E-state index >= 15 is 0 Å². The van der Waals surface area contributed by atoms with Crippen LogP contribution in [-0.4, -0.2) is 65.0 Å². The van der Waals surface area contributed by atoms with Crippen LogP contribution in [0.4, 0.5) is 19.4 Å². The molecule has 1 aromatic heterocycles. The van der Waals surface area contributed by atoms with Crippen molar-refractivity contribution in [2.24, 2.45) is 5.92 Å². The van der Waals surface area contributed by atoms with E-state index in [1.165, 1.54) is 47.5 Å². The second-order valence-corrected chi connectivity index (χ2v) is 10.8. The molecule has 0 radical (unpaired) electrons. The van der Waals surface area contributed by atoms with Crippen LogP contribution < -0.4 is 15.0 Å². The van der Waals surface area contributed by atoms with Crippen molar-refractivity contribution in [3.63, 3.8) is 0 Å². The largest absolute Gasteiger partial charge is 0.416 e. The number of likely N-dealkylation sites (N-methyl/N-ethyl adjacent to an activating group) is 1. The zero-order valence-electron chi connectivity index (χ0n) is 22.9. The zero-order valence-corrected chi connectivity index (χ0v) is 23.7. The lowest BCUT2D eigenvalue weighted by Gasteiger charge is -2.45. The van der Waals surface area contributed by atoms with E-state index in [0.29, 0.717) is 43.9 Å². The van der Waals surface area contributed by atoms with Crippen LogP contribution in [0.2, 0.25) is 5.02 Å². The molecule has 2 aromatic carbocycles. The first kappa shape index (κ1) is 29.4. The fourth-order valence-electron chi connectivity index (χ4n) is 6.00. The number of carbonyl (C=O) groups is 2. The zero-order chi connectivity index (χ0) is 29.9. The van der Waals surface area contributed by atoms with Gasteiger partial charge in [0.05, 0.1) is 17.4 Å². The molecular formula is C30H29ClF2N6O3. The predicted molar refractivity (Wildman–Crippen MR) is 151 cm³/mol. The van der Waals surface area contributed by atoms with Crippen molar-refractivity contribution < 1.29 is 23.1 Å². The fraction of sp³-hybridized carbons (Fsp3) is 0.367. The Kier molecular flexibility index (Phi) is 8.66. The van der Waals surface area contributed by atoms with E-state index in [1.54, 1.807) is 19.2 Å². The minimum absolute atomic E-state index is 0.0389. The normalized spacial score (nSPS) is 20.6. The van der Waals surface area contributed by atoms with Crippen molar-refractivity contribution >= 4 is 29.3 Å². The number of amides is 1. The number of hydrogen-bond donors (Lipinski definition) is 1. The predicted octanol–water partition coefficient (Wildman–Crippen LogP) is 4.71. The maximum absolute atomic E-state index is 14.6. The van der Waals surface area contributed by atoms with Crippen LogP contribution in [0.25, 0.3) is 0 Å². The summed E-state index contributed by atoms with van der Waals surface area (Å²) in [5.41, 5.74) is -0.627. The number of carbonyl (C=O) groups excluding carboxylic acids is 2. The summed E-state index contributed by atoms with van der Waals surface area (Å²) < 4.78 is 33.7. The quantitative estimate of drug-likeness (QED) is 0.419. The Morgan fingerprint density at radius 1 is 1.17 bits per heavy atom. The van der Waals surface area contributed by atoms with Gasteiger partial charge in [-0.2, -0.15) is 5.26 Å². The number of piperidine rings is 1. The number of ether oxygens (including phenoxy) is 1. The van der Waals surface area contributed by atoms with Crippen molar-refractivity contribution in [2.75, 3.05) is 37.6 Å². The number of halogens is 3. The van der Waals surface area contributed by atoms with Crippen LogP contribution in [0.15, 0.2) is 54.9 Å². The summed E-state index contributed by atoms with van der Waals surface area (Å²) in [6, 6.07) is 11.4. The summed E-state index contributed by atoms with van der Waals surface area (Å²) in [4.78, 5) is 40.2. The second kappa shape index (κ2) is 12.4. The summed E-state index contributed by atoms with van der Waals surface area (Å²) in [5.74, 6) is -1.46. The van der Waals surface area contributed by atoms with Crippen molar-refractivity contribution in [1.29, 1.82) is 5.26 Å². The van der Waals surface area contributed by atoms with E-state index in [1.807, 2.05) is 11.0 Å². The third kappa shape index (κ3) is 5.65. The Labute approximate surface area is 247 Å². The summed E-state index contributed by atoms with van der Waals surface area (Å²) in [5, 5.41) is 12.2. The van der Waals surface area contributed by atoms with E-state index in [2.05, 4.69) is 15.3 Å². The summed E-state index contributed by atoms with van der Waals surface area (Å²) in [6.45, 7) is 3.41. The molecule has 2 atom stereocenters. The fourth-order valence-corrected chi connectivity index (χ4v) is 6.11. The van der Waals surface area contributed by atoms with Crippen LogP contribution in [0.3, 0.4) is 0 Å². The first-order valence-electron chi connectivity index (χ1n) is 13.7. The molecule has 2 aliphatic rings. The highest BCUT2D eigenvalue weighted by Gasteiger charge is 2.57. The Hall–Kier alpha value is -4.14. The summed E-state index contributed by atoms with van der Waals surface area (Å²) in [7, 11) is 0. The van der Waals surface area contributed by atoms with Crippen molar-refractivity contribution in [1.82, 2.24) is 20.2 Å². The second-order valence-electron chi connectivity index (χ2n) is 10.3. The first-order valence-corrected chi connectivity index (χ1v) is 14.1. The molecule has 2 aliphatic heterocycles. The number of Topliss-reactive ketones (excluding diaryl/α,β-unsaturated/α-hetero) is 1. The van der Waals surface area contributed by atoms with Crippen molar-refractivity contribution in [3.8, 4) is 11.8 Å². The highest BCUT2D eigenvalue weighted by Crippen LogP contribution is 2.42. The van der Waals surface area contributed by atoms with Crippen LogP contribution in [0.1, 0.15) is 36.9 Å². The molecule has 2 fully saturated rings. The molecule has 1 N–H and O–H groups in total. The van der Waals surface area contributed by atoms with Crippen LogP contribution in [-0.2, 0) is 4.79 Å². The SMILES string of the molecule is CCN(C(=O)Oc1ccc(F)cc1)[C@]1(C(=O)C2CCN(c3cnc(C#N)cn3)CC2)CNC[C@H]1c1ccc(Cl)c(F)c1. The Morgan fingerprint density at radius 2 is 1.90 bits per heavy atom. The number of nitrogens with one attached hydrogen (secondary N) is 1. The van der Waals surface area contributed by atoms with Gasteiger partial charge in [0, 0.05) is 44.6 Å². The average molecular weight is 595 g/mol. The van der Waals surface area contributed by atoms with Gasteiger partial charge in [0.15, 0.2) is 11.5 Å². The summed E-state index contributed by atoms with van der Waals surface area (Å²) in [6.07, 6.45) is 3.18. The highest BCUT2D eigenvalue weighted by molar-refractivity contribution is 6.30. The van der Waals surface area contributed by atoms with Gasteiger partial charge in [-0.1, -0.05) is 17.7 Å². The van der Waals surface area contributed by atoms with Crippen LogP contribution >= 0.6 is 11.6 Å². The maximum atomic E-state index is 14.6. The van der Waals surface area contributed by atoms with Gasteiger partial charge in [-0.05, 0) is 61.7 Å². The molecule has 42 heavy (non-hydrogen) atoms. The molecule has 0 spiro atoms.